The van der Waals surface area contributed by atoms with Crippen LogP contribution in [0.4, 0.5) is 5.82 Å². The normalized spacial score (nSPS) is 16.1. The number of fused-ring (bicyclic) bond motifs is 1. The summed E-state index contributed by atoms with van der Waals surface area (Å²) in [6, 6.07) is 10.8. The van der Waals surface area contributed by atoms with E-state index in [-0.39, 0.29) is 0 Å². The van der Waals surface area contributed by atoms with Crippen molar-refractivity contribution in [2.45, 2.75) is 39.2 Å². The summed E-state index contributed by atoms with van der Waals surface area (Å²) in [5.41, 5.74) is 2.44. The molecule has 0 aliphatic carbocycles. The Morgan fingerprint density at radius 3 is 2.62 bits per heavy atom. The van der Waals surface area contributed by atoms with Crippen LogP contribution in [0.15, 0.2) is 30.3 Å². The number of pyridine rings is 1. The van der Waals surface area contributed by atoms with E-state index in [4.69, 9.17) is 4.98 Å². The number of nitrogens with one attached hydrogen (secondary N) is 1. The van der Waals surface area contributed by atoms with Crippen molar-refractivity contribution in [2.24, 2.45) is 0 Å². The van der Waals surface area contributed by atoms with E-state index in [0.29, 0.717) is 0 Å². The van der Waals surface area contributed by atoms with E-state index in [1.165, 1.54) is 42.5 Å². The van der Waals surface area contributed by atoms with Crippen LogP contribution in [0.3, 0.4) is 0 Å². The first-order valence-corrected chi connectivity index (χ1v) is 8.23. The summed E-state index contributed by atoms with van der Waals surface area (Å²) in [5.74, 6) is 1.19. The Labute approximate surface area is 127 Å². The van der Waals surface area contributed by atoms with Crippen molar-refractivity contribution < 1.29 is 0 Å². The van der Waals surface area contributed by atoms with E-state index in [0.717, 1.165) is 31.7 Å². The van der Waals surface area contributed by atoms with E-state index in [1.54, 1.807) is 0 Å². The lowest BCUT2D eigenvalue weighted by molar-refractivity contribution is 0.712. The third-order valence-electron chi connectivity index (χ3n) is 4.25. The molecule has 1 aromatic carbocycles. The number of aromatic nitrogens is 1. The number of anilines is 1. The maximum atomic E-state index is 4.98. The van der Waals surface area contributed by atoms with E-state index in [9.17, 15) is 0 Å². The maximum absolute atomic E-state index is 4.98. The average Bonchev–Trinajstić information content (AvgIpc) is 2.81. The standard InChI is InChI=1S/C18H25N3/c1-2-19-14-16-13-15-9-5-6-10-17(15)20-18(16)21-11-7-3-4-8-12-21/h5-6,9-10,13,19H,2-4,7-8,11-12,14H2,1H3. The van der Waals surface area contributed by atoms with Crippen molar-refractivity contribution >= 4 is 16.7 Å². The van der Waals surface area contributed by atoms with Crippen LogP contribution in [-0.2, 0) is 6.54 Å². The molecular weight excluding hydrogens is 258 g/mol. The Morgan fingerprint density at radius 1 is 1.10 bits per heavy atom. The second kappa shape index (κ2) is 6.90. The summed E-state index contributed by atoms with van der Waals surface area (Å²) in [6.45, 7) is 6.33. The number of benzene rings is 1. The van der Waals surface area contributed by atoms with Gasteiger partial charge in [0.05, 0.1) is 5.52 Å². The first-order chi connectivity index (χ1) is 10.4. The van der Waals surface area contributed by atoms with Crippen LogP contribution >= 0.6 is 0 Å². The highest BCUT2D eigenvalue weighted by molar-refractivity contribution is 5.81. The molecule has 0 saturated carbocycles. The van der Waals surface area contributed by atoms with Crippen molar-refractivity contribution in [2.75, 3.05) is 24.5 Å². The van der Waals surface area contributed by atoms with Gasteiger partial charge >= 0.3 is 0 Å². The molecule has 3 rings (SSSR count). The Morgan fingerprint density at radius 2 is 1.86 bits per heavy atom. The van der Waals surface area contributed by atoms with Gasteiger partial charge in [0.1, 0.15) is 5.82 Å². The molecule has 21 heavy (non-hydrogen) atoms. The minimum absolute atomic E-state index is 0.903. The van der Waals surface area contributed by atoms with Crippen LogP contribution in [0.25, 0.3) is 10.9 Å². The van der Waals surface area contributed by atoms with Gasteiger partial charge in [0.2, 0.25) is 0 Å². The molecule has 112 valence electrons. The first-order valence-electron chi connectivity index (χ1n) is 8.23. The number of rotatable bonds is 4. The summed E-state index contributed by atoms with van der Waals surface area (Å²) in [7, 11) is 0. The van der Waals surface area contributed by atoms with Crippen LogP contribution in [-0.4, -0.2) is 24.6 Å². The quantitative estimate of drug-likeness (QED) is 0.927. The average molecular weight is 283 g/mol. The molecule has 1 aliphatic rings. The fourth-order valence-electron chi connectivity index (χ4n) is 3.10. The monoisotopic (exact) mass is 283 g/mol. The van der Waals surface area contributed by atoms with Crippen LogP contribution < -0.4 is 10.2 Å². The van der Waals surface area contributed by atoms with Crippen LogP contribution in [0, 0.1) is 0 Å². The summed E-state index contributed by atoms with van der Waals surface area (Å²) >= 11 is 0. The molecule has 0 radical (unpaired) electrons. The molecule has 0 spiro atoms. The van der Waals surface area contributed by atoms with Crippen molar-refractivity contribution in [1.29, 1.82) is 0 Å². The summed E-state index contributed by atoms with van der Waals surface area (Å²) < 4.78 is 0. The van der Waals surface area contributed by atoms with Gasteiger partial charge in [0.25, 0.3) is 0 Å². The third kappa shape index (κ3) is 3.35. The SMILES string of the molecule is CCNCc1cc2ccccc2nc1N1CCCCCC1. The van der Waals surface area contributed by atoms with E-state index in [1.807, 2.05) is 0 Å². The number of hydrogen-bond donors (Lipinski definition) is 1. The molecule has 1 saturated heterocycles. The number of hydrogen-bond acceptors (Lipinski definition) is 3. The zero-order valence-electron chi connectivity index (χ0n) is 12.9. The van der Waals surface area contributed by atoms with Crippen molar-refractivity contribution in [1.82, 2.24) is 10.3 Å². The van der Waals surface area contributed by atoms with Gasteiger partial charge in [-0.1, -0.05) is 38.0 Å². The van der Waals surface area contributed by atoms with Crippen LogP contribution in [0.1, 0.15) is 38.2 Å². The van der Waals surface area contributed by atoms with Gasteiger partial charge in [0, 0.05) is 30.6 Å². The highest BCUT2D eigenvalue weighted by Crippen LogP contribution is 2.25. The topological polar surface area (TPSA) is 28.2 Å². The zero-order valence-corrected chi connectivity index (χ0v) is 12.9. The lowest BCUT2D eigenvalue weighted by Crippen LogP contribution is -2.27. The summed E-state index contributed by atoms with van der Waals surface area (Å²) in [4.78, 5) is 7.47. The molecule has 1 N–H and O–H groups in total. The van der Waals surface area contributed by atoms with E-state index >= 15 is 0 Å². The van der Waals surface area contributed by atoms with Crippen molar-refractivity contribution in [3.63, 3.8) is 0 Å². The van der Waals surface area contributed by atoms with Gasteiger partial charge in [-0.15, -0.1) is 0 Å². The minimum atomic E-state index is 0.903. The predicted molar refractivity (Wildman–Crippen MR) is 89.8 cm³/mol. The minimum Gasteiger partial charge on any atom is -0.356 e. The largest absolute Gasteiger partial charge is 0.356 e. The van der Waals surface area contributed by atoms with E-state index < -0.39 is 0 Å². The Bertz CT molecular complexity index is 586. The number of para-hydroxylation sites is 1. The molecule has 3 nitrogen and oxygen atoms in total. The van der Waals surface area contributed by atoms with Gasteiger partial charge < -0.3 is 10.2 Å². The molecule has 2 heterocycles. The van der Waals surface area contributed by atoms with Gasteiger partial charge in [-0.3, -0.25) is 0 Å². The third-order valence-corrected chi connectivity index (χ3v) is 4.25. The Balaban J connectivity index is 1.99. The van der Waals surface area contributed by atoms with Gasteiger partial charge in [-0.25, -0.2) is 4.98 Å². The Kier molecular flexibility index (Phi) is 4.71. The molecule has 1 aromatic heterocycles. The fraction of sp³-hybridized carbons (Fsp3) is 0.500. The number of nitrogens with zero attached hydrogens (tertiary/aromatic N) is 2. The highest BCUT2D eigenvalue weighted by atomic mass is 15.2. The molecule has 3 heteroatoms. The fourth-order valence-corrected chi connectivity index (χ4v) is 3.10. The molecule has 0 atom stereocenters. The molecule has 0 amide bonds. The second-order valence-electron chi connectivity index (χ2n) is 5.85. The maximum Gasteiger partial charge on any atom is 0.133 e. The lowest BCUT2D eigenvalue weighted by Gasteiger charge is -2.25. The molecular formula is C18H25N3. The van der Waals surface area contributed by atoms with E-state index in [2.05, 4.69) is 47.5 Å². The second-order valence-corrected chi connectivity index (χ2v) is 5.85. The highest BCUT2D eigenvalue weighted by Gasteiger charge is 2.15. The molecule has 2 aromatic rings. The summed E-state index contributed by atoms with van der Waals surface area (Å²) in [6.07, 6.45) is 5.28. The van der Waals surface area contributed by atoms with Gasteiger partial charge in [-0.2, -0.15) is 0 Å². The van der Waals surface area contributed by atoms with Gasteiger partial charge in [0.15, 0.2) is 0 Å². The molecule has 1 aliphatic heterocycles. The zero-order chi connectivity index (χ0) is 14.5. The van der Waals surface area contributed by atoms with Gasteiger partial charge in [-0.05, 0) is 31.5 Å². The smallest absolute Gasteiger partial charge is 0.133 e. The molecule has 1 fully saturated rings. The molecule has 0 unspecified atom stereocenters. The van der Waals surface area contributed by atoms with Crippen LogP contribution in [0.2, 0.25) is 0 Å². The first kappa shape index (κ1) is 14.3. The predicted octanol–water partition coefficient (Wildman–Crippen LogP) is 3.72. The van der Waals surface area contributed by atoms with Crippen LogP contribution in [0.5, 0.6) is 0 Å². The summed E-state index contributed by atoms with van der Waals surface area (Å²) in [5, 5.41) is 4.70. The van der Waals surface area contributed by atoms with Crippen molar-refractivity contribution in [3.8, 4) is 0 Å². The Hall–Kier alpha value is -1.61. The lowest BCUT2D eigenvalue weighted by atomic mass is 10.1. The molecule has 0 bridgehead atoms. The van der Waals surface area contributed by atoms with Crippen molar-refractivity contribution in [3.05, 3.63) is 35.9 Å².